The van der Waals surface area contributed by atoms with Crippen LogP contribution in [-0.2, 0) is 11.2 Å². The molecule has 0 bridgehead atoms. The van der Waals surface area contributed by atoms with Gasteiger partial charge in [0.15, 0.2) is 11.5 Å². The van der Waals surface area contributed by atoms with Crippen LogP contribution in [0.3, 0.4) is 0 Å². The predicted molar refractivity (Wildman–Crippen MR) is 96.6 cm³/mol. The second kappa shape index (κ2) is 8.94. The number of hydrogen-bond donors (Lipinski definition) is 5. The number of fused-ring (bicyclic) bond motifs is 1. The fourth-order valence-electron chi connectivity index (χ4n) is 2.96. The number of amides is 1. The van der Waals surface area contributed by atoms with E-state index in [1.54, 1.807) is 12.1 Å². The molecular formula is C17H19N7O4. The summed E-state index contributed by atoms with van der Waals surface area (Å²) in [5.41, 5.74) is 4.67. The Hall–Kier alpha value is -3.49. The summed E-state index contributed by atoms with van der Waals surface area (Å²) in [6, 6.07) is 7.30. The van der Waals surface area contributed by atoms with Gasteiger partial charge in [-0.1, -0.05) is 6.07 Å². The van der Waals surface area contributed by atoms with E-state index in [0.29, 0.717) is 12.0 Å². The second-order valence-corrected chi connectivity index (χ2v) is 6.06. The Balaban J connectivity index is 1.78. The lowest BCUT2D eigenvalue weighted by atomic mass is 10.1. The topological polar surface area (TPSA) is 169 Å². The molecular weight excluding hydrogens is 366 g/mol. The van der Waals surface area contributed by atoms with Crippen LogP contribution in [0, 0.1) is 11.3 Å². The monoisotopic (exact) mass is 385 g/mol. The zero-order chi connectivity index (χ0) is 19.9. The smallest absolute Gasteiger partial charge is 0.239 e. The summed E-state index contributed by atoms with van der Waals surface area (Å²) in [5.74, 6) is -0.199. The molecule has 3 rings (SSSR count). The number of nitrogens with zero attached hydrogens (tertiary/aromatic N) is 4. The van der Waals surface area contributed by atoms with E-state index in [4.69, 9.17) is 15.0 Å². The van der Waals surface area contributed by atoms with Crippen LogP contribution >= 0.6 is 0 Å². The van der Waals surface area contributed by atoms with Crippen molar-refractivity contribution in [1.29, 1.82) is 5.26 Å². The summed E-state index contributed by atoms with van der Waals surface area (Å²) in [7, 11) is 0. The molecule has 0 spiro atoms. The molecule has 2 aromatic rings. The largest absolute Gasteiger partial charge is 0.395 e. The number of anilines is 1. The first-order valence-corrected chi connectivity index (χ1v) is 8.61. The highest BCUT2D eigenvalue weighted by atomic mass is 16.6. The number of benzene rings is 1. The number of aliphatic hydroxyl groups excluding tert-OH is 1. The molecule has 0 saturated heterocycles. The maximum Gasteiger partial charge on any atom is 0.239 e. The number of hydroxylamine groups is 1. The maximum atomic E-state index is 11.6. The van der Waals surface area contributed by atoms with Gasteiger partial charge in [0.2, 0.25) is 11.7 Å². The molecule has 1 amide bonds. The number of nitrogens with one attached hydrogen (secondary N) is 3. The van der Waals surface area contributed by atoms with Gasteiger partial charge in [-0.15, -0.1) is 0 Å². The minimum Gasteiger partial charge on any atom is -0.395 e. The number of nitriles is 1. The molecule has 5 N–H and O–H groups in total. The van der Waals surface area contributed by atoms with E-state index in [-0.39, 0.29) is 49.0 Å². The third-order valence-corrected chi connectivity index (χ3v) is 4.28. The van der Waals surface area contributed by atoms with Gasteiger partial charge >= 0.3 is 0 Å². The van der Waals surface area contributed by atoms with Crippen LogP contribution in [0.5, 0.6) is 0 Å². The van der Waals surface area contributed by atoms with E-state index in [1.807, 2.05) is 11.5 Å². The quantitative estimate of drug-likeness (QED) is 0.248. The molecule has 0 radical (unpaired) electrons. The maximum absolute atomic E-state index is 11.6. The molecule has 0 aliphatic heterocycles. The molecule has 0 saturated carbocycles. The van der Waals surface area contributed by atoms with Gasteiger partial charge in [0, 0.05) is 6.54 Å². The zero-order valence-corrected chi connectivity index (χ0v) is 14.8. The molecule has 28 heavy (non-hydrogen) atoms. The number of amidine groups is 1. The van der Waals surface area contributed by atoms with E-state index in [1.165, 1.54) is 0 Å². The third kappa shape index (κ3) is 4.25. The van der Waals surface area contributed by atoms with Crippen LogP contribution in [-0.4, -0.2) is 52.1 Å². The van der Waals surface area contributed by atoms with Crippen molar-refractivity contribution >= 4 is 17.6 Å². The van der Waals surface area contributed by atoms with Gasteiger partial charge in [-0.3, -0.25) is 20.5 Å². The van der Waals surface area contributed by atoms with E-state index < -0.39 is 0 Å². The predicted octanol–water partition coefficient (Wildman–Crippen LogP) is -0.125. The highest BCUT2D eigenvalue weighted by Gasteiger charge is 2.25. The number of rotatable bonds is 7. The Bertz CT molecular complexity index is 918. The fraction of sp³-hybridized carbons (Fsp3) is 0.353. The van der Waals surface area contributed by atoms with Gasteiger partial charge in [-0.25, -0.2) is 4.63 Å². The highest BCUT2D eigenvalue weighted by molar-refractivity contribution is 6.00. The average Bonchev–Trinajstić information content (AvgIpc) is 3.35. The lowest BCUT2D eigenvalue weighted by molar-refractivity contribution is -0.119. The van der Waals surface area contributed by atoms with Crippen molar-refractivity contribution in [1.82, 2.24) is 21.1 Å². The number of aliphatic hydroxyl groups is 1. The van der Waals surface area contributed by atoms with E-state index >= 15 is 0 Å². The Morgan fingerprint density at radius 2 is 2.29 bits per heavy atom. The van der Waals surface area contributed by atoms with Crippen LogP contribution in [0.15, 0.2) is 27.8 Å². The number of aliphatic imine (C=N–C) groups is 1. The first-order valence-electron chi connectivity index (χ1n) is 8.61. The summed E-state index contributed by atoms with van der Waals surface area (Å²) >= 11 is 0. The van der Waals surface area contributed by atoms with Gasteiger partial charge in [-0.2, -0.15) is 5.26 Å². The molecule has 1 heterocycles. The standard InChI is InChI=1S/C17H19N7O4/c18-8-10-1-2-11-3-4-13(12(11)7-10)21-17(22-27)15-16(24-28-23-15)20-9-14(26)19-5-6-25/h1-2,7,13,25,27H,3-6,9H2,(H,19,26)(H,20,24)(H,21,22). The highest BCUT2D eigenvalue weighted by Crippen LogP contribution is 2.35. The van der Waals surface area contributed by atoms with E-state index in [0.717, 1.165) is 17.5 Å². The second-order valence-electron chi connectivity index (χ2n) is 6.06. The number of aromatic nitrogens is 2. The zero-order valence-electron chi connectivity index (χ0n) is 14.8. The van der Waals surface area contributed by atoms with Crippen molar-refractivity contribution in [3.8, 4) is 6.07 Å². The lowest BCUT2D eigenvalue weighted by Gasteiger charge is -2.10. The Morgan fingerprint density at radius 3 is 3.04 bits per heavy atom. The van der Waals surface area contributed by atoms with Gasteiger partial charge in [0.1, 0.15) is 0 Å². The van der Waals surface area contributed by atoms with Crippen LogP contribution in [0.2, 0.25) is 0 Å². The molecule has 1 unspecified atom stereocenters. The van der Waals surface area contributed by atoms with Gasteiger partial charge in [0.05, 0.1) is 30.8 Å². The van der Waals surface area contributed by atoms with Gasteiger partial charge in [0.25, 0.3) is 0 Å². The first kappa shape index (κ1) is 19.3. The van der Waals surface area contributed by atoms with Gasteiger partial charge < -0.3 is 15.7 Å². The van der Waals surface area contributed by atoms with Crippen molar-refractivity contribution in [3.05, 3.63) is 40.6 Å². The lowest BCUT2D eigenvalue weighted by Crippen LogP contribution is -2.32. The summed E-state index contributed by atoms with van der Waals surface area (Å²) in [6.45, 7) is -0.150. The number of carbonyl (C=O) groups excluding carboxylic acids is 1. The fourth-order valence-corrected chi connectivity index (χ4v) is 2.96. The SMILES string of the molecule is N#Cc1ccc2c(c1)C(N=C(NO)c1nonc1NCC(=O)NCCO)CC2. The van der Waals surface area contributed by atoms with E-state index in [2.05, 4.69) is 32.0 Å². The summed E-state index contributed by atoms with van der Waals surface area (Å²) < 4.78 is 4.70. The third-order valence-electron chi connectivity index (χ3n) is 4.28. The number of aryl methyl sites for hydroxylation is 1. The van der Waals surface area contributed by atoms with Crippen molar-refractivity contribution in [2.24, 2.45) is 4.99 Å². The molecule has 1 aliphatic carbocycles. The number of carbonyl (C=O) groups is 1. The Morgan fingerprint density at radius 1 is 1.43 bits per heavy atom. The first-order chi connectivity index (χ1) is 13.7. The van der Waals surface area contributed by atoms with Crippen molar-refractivity contribution in [3.63, 3.8) is 0 Å². The molecule has 0 fully saturated rings. The Labute approximate surface area is 160 Å². The normalized spacial score (nSPS) is 15.6. The molecule has 1 aromatic heterocycles. The Kier molecular flexibility index (Phi) is 6.15. The summed E-state index contributed by atoms with van der Waals surface area (Å²) in [6.07, 6.45) is 1.52. The van der Waals surface area contributed by atoms with Crippen molar-refractivity contribution in [2.75, 3.05) is 25.0 Å². The van der Waals surface area contributed by atoms with Crippen LogP contribution in [0.25, 0.3) is 0 Å². The minimum atomic E-state index is -0.354. The summed E-state index contributed by atoms with van der Waals surface area (Å²) in [4.78, 5) is 16.1. The molecule has 1 aromatic carbocycles. The average molecular weight is 385 g/mol. The molecule has 1 aliphatic rings. The van der Waals surface area contributed by atoms with Crippen LogP contribution in [0.1, 0.15) is 34.8 Å². The molecule has 11 nitrogen and oxygen atoms in total. The van der Waals surface area contributed by atoms with Gasteiger partial charge in [-0.05, 0) is 46.4 Å². The van der Waals surface area contributed by atoms with Crippen molar-refractivity contribution < 1.29 is 19.7 Å². The summed E-state index contributed by atoms with van der Waals surface area (Å²) in [5, 5.41) is 40.0. The number of hydrogen-bond acceptors (Lipinski definition) is 9. The van der Waals surface area contributed by atoms with E-state index in [9.17, 15) is 10.0 Å². The van der Waals surface area contributed by atoms with Crippen LogP contribution < -0.4 is 16.1 Å². The van der Waals surface area contributed by atoms with Crippen LogP contribution in [0.4, 0.5) is 5.82 Å². The molecule has 146 valence electrons. The molecule has 11 heteroatoms. The minimum absolute atomic E-state index is 0.0275. The molecule has 1 atom stereocenters. The van der Waals surface area contributed by atoms with Crippen molar-refractivity contribution in [2.45, 2.75) is 18.9 Å².